The molecule has 0 atom stereocenters. The second kappa shape index (κ2) is 5.34. The van der Waals surface area contributed by atoms with Gasteiger partial charge in [-0.2, -0.15) is 0 Å². The number of fused-ring (bicyclic) bond motifs is 1. The molecule has 0 saturated heterocycles. The summed E-state index contributed by atoms with van der Waals surface area (Å²) in [7, 11) is 0. The highest BCUT2D eigenvalue weighted by molar-refractivity contribution is 8.11. The summed E-state index contributed by atoms with van der Waals surface area (Å²) in [5, 5.41) is 3.05. The molecule has 0 unspecified atom stereocenters. The van der Waals surface area contributed by atoms with Gasteiger partial charge in [0.2, 0.25) is 5.89 Å². The van der Waals surface area contributed by atoms with Crippen molar-refractivity contribution in [3.8, 4) is 0 Å². The van der Waals surface area contributed by atoms with E-state index in [1.165, 1.54) is 0 Å². The number of oxazole rings is 1. The topological polar surface area (TPSA) is 38.1 Å². The van der Waals surface area contributed by atoms with Crippen LogP contribution in [0, 0.1) is 0 Å². The molecule has 6 heteroatoms. The van der Waals surface area contributed by atoms with Crippen molar-refractivity contribution in [3.05, 3.63) is 18.0 Å². The quantitative estimate of drug-likeness (QED) is 0.486. The number of aromatic nitrogens is 1. The Morgan fingerprint density at radius 1 is 1.42 bits per heavy atom. The lowest BCUT2D eigenvalue weighted by Crippen LogP contribution is -2.10. The van der Waals surface area contributed by atoms with Gasteiger partial charge in [-0.1, -0.05) is 33.0 Å². The standard InChI is InChI=1S/C13H16N2OS3/c1-13(2,3)11-14-7-6-10(19-4)8(15-12(17)18)5-9(7)16-11/h5-6H,1-4H3,(H2,15,17,18). The summed E-state index contributed by atoms with van der Waals surface area (Å²) in [5.74, 6) is 0.736. The van der Waals surface area contributed by atoms with E-state index in [0.29, 0.717) is 4.32 Å². The SMILES string of the molecule is CSc1cc2nc(C(C)(C)C)oc2cc1NC(=S)S. The third-order valence-corrected chi connectivity index (χ3v) is 3.58. The number of anilines is 1. The predicted octanol–water partition coefficient (Wildman–Crippen LogP) is 4.47. The predicted molar refractivity (Wildman–Crippen MR) is 89.7 cm³/mol. The Morgan fingerprint density at radius 3 is 2.63 bits per heavy atom. The monoisotopic (exact) mass is 312 g/mol. The van der Waals surface area contributed by atoms with Crippen LogP contribution in [0.15, 0.2) is 21.4 Å². The summed E-state index contributed by atoms with van der Waals surface area (Å²) in [4.78, 5) is 5.62. The largest absolute Gasteiger partial charge is 0.440 e. The molecule has 1 N–H and O–H groups in total. The number of nitrogens with one attached hydrogen (secondary N) is 1. The second-order valence-electron chi connectivity index (χ2n) is 5.22. The number of hydrogen-bond donors (Lipinski definition) is 2. The van der Waals surface area contributed by atoms with Crippen molar-refractivity contribution in [2.24, 2.45) is 0 Å². The number of thiocarbonyl (C=S) groups is 1. The van der Waals surface area contributed by atoms with Crippen LogP contribution in [-0.2, 0) is 5.41 Å². The molecule has 1 aromatic heterocycles. The molecule has 3 nitrogen and oxygen atoms in total. The van der Waals surface area contributed by atoms with E-state index in [2.05, 4.69) is 43.7 Å². The molecule has 0 aliphatic carbocycles. The van der Waals surface area contributed by atoms with Gasteiger partial charge in [0, 0.05) is 16.4 Å². The molecule has 1 heterocycles. The molecule has 0 aliphatic rings. The van der Waals surface area contributed by atoms with Gasteiger partial charge in [0.25, 0.3) is 0 Å². The van der Waals surface area contributed by atoms with Gasteiger partial charge in [-0.3, -0.25) is 0 Å². The minimum atomic E-state index is -0.106. The van der Waals surface area contributed by atoms with E-state index in [1.807, 2.05) is 18.4 Å². The van der Waals surface area contributed by atoms with Gasteiger partial charge in [0.15, 0.2) is 5.58 Å². The summed E-state index contributed by atoms with van der Waals surface area (Å²) in [6.07, 6.45) is 2.01. The summed E-state index contributed by atoms with van der Waals surface area (Å²) < 4.78 is 6.26. The van der Waals surface area contributed by atoms with Crippen LogP contribution in [0.4, 0.5) is 5.69 Å². The first-order valence-electron chi connectivity index (χ1n) is 5.80. The lowest BCUT2D eigenvalue weighted by Gasteiger charge is -2.11. The molecule has 19 heavy (non-hydrogen) atoms. The van der Waals surface area contributed by atoms with Crippen LogP contribution in [0.5, 0.6) is 0 Å². The van der Waals surface area contributed by atoms with Gasteiger partial charge < -0.3 is 9.73 Å². The zero-order valence-electron chi connectivity index (χ0n) is 11.3. The molecule has 0 bridgehead atoms. The minimum Gasteiger partial charge on any atom is -0.440 e. The van der Waals surface area contributed by atoms with Gasteiger partial charge in [0.05, 0.1) is 5.69 Å². The fourth-order valence-electron chi connectivity index (χ4n) is 1.66. The molecular formula is C13H16N2OS3. The smallest absolute Gasteiger partial charge is 0.200 e. The third-order valence-electron chi connectivity index (χ3n) is 2.59. The first-order valence-corrected chi connectivity index (χ1v) is 7.88. The molecule has 0 fully saturated rings. The molecule has 0 amide bonds. The van der Waals surface area contributed by atoms with Gasteiger partial charge in [-0.05, 0) is 12.3 Å². The van der Waals surface area contributed by atoms with Crippen molar-refractivity contribution >= 4 is 57.7 Å². The van der Waals surface area contributed by atoms with Crippen LogP contribution in [-0.4, -0.2) is 15.6 Å². The highest BCUT2D eigenvalue weighted by atomic mass is 32.2. The van der Waals surface area contributed by atoms with Crippen molar-refractivity contribution in [2.75, 3.05) is 11.6 Å². The van der Waals surface area contributed by atoms with Crippen LogP contribution >= 0.6 is 36.6 Å². The molecule has 102 valence electrons. The third kappa shape index (κ3) is 3.24. The number of benzene rings is 1. The zero-order chi connectivity index (χ0) is 14.2. The zero-order valence-corrected chi connectivity index (χ0v) is 13.8. The van der Waals surface area contributed by atoms with Gasteiger partial charge >= 0.3 is 0 Å². The summed E-state index contributed by atoms with van der Waals surface area (Å²) in [6.45, 7) is 6.24. The lowest BCUT2D eigenvalue weighted by molar-refractivity contribution is 0.411. The summed E-state index contributed by atoms with van der Waals surface area (Å²) in [6, 6.07) is 3.93. The fourth-order valence-corrected chi connectivity index (χ4v) is 2.45. The van der Waals surface area contributed by atoms with Gasteiger partial charge in [-0.25, -0.2) is 4.98 Å². The van der Waals surface area contributed by atoms with E-state index >= 15 is 0 Å². The Bertz CT molecular complexity index is 629. The number of thiol groups is 1. The van der Waals surface area contributed by atoms with E-state index in [0.717, 1.165) is 27.6 Å². The van der Waals surface area contributed by atoms with Crippen molar-refractivity contribution in [2.45, 2.75) is 31.1 Å². The Balaban J connectivity index is 2.57. The van der Waals surface area contributed by atoms with Gasteiger partial charge in [0.1, 0.15) is 9.84 Å². The van der Waals surface area contributed by atoms with E-state index < -0.39 is 0 Å². The van der Waals surface area contributed by atoms with Crippen LogP contribution in [0.3, 0.4) is 0 Å². The van der Waals surface area contributed by atoms with E-state index in [1.54, 1.807) is 11.8 Å². The molecular weight excluding hydrogens is 296 g/mol. The first-order chi connectivity index (χ1) is 8.81. The maximum Gasteiger partial charge on any atom is 0.200 e. The molecule has 0 aliphatic heterocycles. The van der Waals surface area contributed by atoms with Crippen LogP contribution in [0.25, 0.3) is 11.1 Å². The van der Waals surface area contributed by atoms with Crippen molar-refractivity contribution < 1.29 is 4.42 Å². The Kier molecular flexibility index (Phi) is 4.13. The van der Waals surface area contributed by atoms with Crippen LogP contribution in [0.2, 0.25) is 0 Å². The van der Waals surface area contributed by atoms with Crippen molar-refractivity contribution in [3.63, 3.8) is 0 Å². The number of thioether (sulfide) groups is 1. The Morgan fingerprint density at radius 2 is 2.11 bits per heavy atom. The van der Waals surface area contributed by atoms with Crippen LogP contribution < -0.4 is 5.32 Å². The fraction of sp³-hybridized carbons (Fsp3) is 0.385. The molecule has 2 rings (SSSR count). The van der Waals surface area contributed by atoms with Crippen molar-refractivity contribution in [1.29, 1.82) is 0 Å². The maximum absolute atomic E-state index is 5.83. The van der Waals surface area contributed by atoms with Gasteiger partial charge in [-0.15, -0.1) is 24.4 Å². The Hall–Kier alpha value is -0.720. The molecule has 2 aromatic rings. The van der Waals surface area contributed by atoms with E-state index in [-0.39, 0.29) is 5.41 Å². The summed E-state index contributed by atoms with van der Waals surface area (Å²) in [5.41, 5.74) is 2.42. The van der Waals surface area contributed by atoms with E-state index in [9.17, 15) is 0 Å². The second-order valence-corrected chi connectivity index (χ2v) is 7.23. The Labute approximate surface area is 128 Å². The molecule has 0 radical (unpaired) electrons. The first kappa shape index (κ1) is 14.7. The molecule has 0 saturated carbocycles. The molecule has 0 spiro atoms. The highest BCUT2D eigenvalue weighted by Gasteiger charge is 2.21. The summed E-state index contributed by atoms with van der Waals surface area (Å²) >= 11 is 10.7. The van der Waals surface area contributed by atoms with Crippen molar-refractivity contribution in [1.82, 2.24) is 4.98 Å². The molecule has 1 aromatic carbocycles. The minimum absolute atomic E-state index is 0.106. The van der Waals surface area contributed by atoms with E-state index in [4.69, 9.17) is 16.6 Å². The van der Waals surface area contributed by atoms with Crippen LogP contribution in [0.1, 0.15) is 26.7 Å². The average Bonchev–Trinajstić information content (AvgIpc) is 2.69. The number of hydrogen-bond acceptors (Lipinski definition) is 4. The number of rotatable bonds is 2. The lowest BCUT2D eigenvalue weighted by atomic mass is 9.97. The average molecular weight is 312 g/mol. The maximum atomic E-state index is 5.83. The number of nitrogens with zero attached hydrogens (tertiary/aromatic N) is 1. The highest BCUT2D eigenvalue weighted by Crippen LogP contribution is 2.33. The normalized spacial score (nSPS) is 11.8.